The van der Waals surface area contributed by atoms with Gasteiger partial charge in [0.2, 0.25) is 0 Å². The Kier molecular flexibility index (Phi) is 4.97. The van der Waals surface area contributed by atoms with E-state index in [1.54, 1.807) is 24.3 Å². The molecular formula is C18H12Cl2N2O4. The monoisotopic (exact) mass is 390 g/mol. The van der Waals surface area contributed by atoms with Gasteiger partial charge in [-0.2, -0.15) is 0 Å². The number of carbonyl (C=O) groups is 1. The predicted octanol–water partition coefficient (Wildman–Crippen LogP) is 5.72. The number of para-hydroxylation sites is 1. The third-order valence-corrected chi connectivity index (χ3v) is 4.35. The third kappa shape index (κ3) is 3.56. The van der Waals surface area contributed by atoms with Crippen molar-refractivity contribution in [3.05, 3.63) is 80.0 Å². The van der Waals surface area contributed by atoms with Crippen molar-refractivity contribution in [2.75, 3.05) is 5.32 Å². The molecule has 0 saturated heterocycles. The second-order valence-corrected chi connectivity index (χ2v) is 6.29. The zero-order chi connectivity index (χ0) is 18.8. The number of carbonyl (C=O) groups excluding carboxylic acids is 1. The zero-order valence-corrected chi connectivity index (χ0v) is 15.0. The number of halogens is 2. The largest absolute Gasteiger partial charge is 0.451 e. The van der Waals surface area contributed by atoms with Crippen molar-refractivity contribution >= 4 is 40.5 Å². The summed E-state index contributed by atoms with van der Waals surface area (Å²) in [5, 5.41) is 14.1. The Morgan fingerprint density at radius 1 is 1.12 bits per heavy atom. The molecule has 1 aromatic heterocycles. The molecule has 0 aliphatic rings. The molecule has 0 bridgehead atoms. The number of rotatable bonds is 4. The highest BCUT2D eigenvalue weighted by Crippen LogP contribution is 2.32. The molecule has 2 aromatic carbocycles. The Morgan fingerprint density at radius 2 is 1.88 bits per heavy atom. The Morgan fingerprint density at radius 3 is 2.58 bits per heavy atom. The molecule has 1 N–H and O–H groups in total. The first-order valence-corrected chi connectivity index (χ1v) is 8.23. The summed E-state index contributed by atoms with van der Waals surface area (Å²) < 4.78 is 5.54. The Balaban J connectivity index is 1.87. The summed E-state index contributed by atoms with van der Waals surface area (Å²) in [6.07, 6.45) is 0. The third-order valence-electron chi connectivity index (χ3n) is 3.72. The van der Waals surface area contributed by atoms with Crippen LogP contribution in [0.5, 0.6) is 0 Å². The van der Waals surface area contributed by atoms with Crippen LogP contribution in [0.4, 0.5) is 11.4 Å². The average molecular weight is 391 g/mol. The molecule has 26 heavy (non-hydrogen) atoms. The van der Waals surface area contributed by atoms with Gasteiger partial charge in [-0.05, 0) is 42.8 Å². The molecular weight excluding hydrogens is 379 g/mol. The van der Waals surface area contributed by atoms with Crippen molar-refractivity contribution in [2.24, 2.45) is 0 Å². The summed E-state index contributed by atoms with van der Waals surface area (Å²) in [4.78, 5) is 22.8. The van der Waals surface area contributed by atoms with Crippen LogP contribution in [-0.4, -0.2) is 10.8 Å². The number of benzene rings is 2. The summed E-state index contributed by atoms with van der Waals surface area (Å²) in [5.74, 6) is -0.112. The van der Waals surface area contributed by atoms with E-state index in [1.165, 1.54) is 18.2 Å². The van der Waals surface area contributed by atoms with Gasteiger partial charge in [0.1, 0.15) is 10.8 Å². The predicted molar refractivity (Wildman–Crippen MR) is 100.0 cm³/mol. The van der Waals surface area contributed by atoms with Gasteiger partial charge < -0.3 is 9.73 Å². The highest BCUT2D eigenvalue weighted by Gasteiger charge is 2.18. The quantitative estimate of drug-likeness (QED) is 0.455. The number of amides is 1. The van der Waals surface area contributed by atoms with E-state index >= 15 is 0 Å². The molecule has 0 fully saturated rings. The lowest BCUT2D eigenvalue weighted by molar-refractivity contribution is -0.384. The van der Waals surface area contributed by atoms with E-state index in [4.69, 9.17) is 27.6 Å². The normalized spacial score (nSPS) is 10.6. The molecule has 0 radical (unpaired) electrons. The van der Waals surface area contributed by atoms with Crippen LogP contribution < -0.4 is 5.32 Å². The van der Waals surface area contributed by atoms with Gasteiger partial charge in [-0.15, -0.1) is 0 Å². The van der Waals surface area contributed by atoms with E-state index in [2.05, 4.69) is 5.32 Å². The van der Waals surface area contributed by atoms with Crippen molar-refractivity contribution in [2.45, 2.75) is 6.92 Å². The van der Waals surface area contributed by atoms with E-state index in [0.29, 0.717) is 22.0 Å². The number of furan rings is 1. The van der Waals surface area contributed by atoms with E-state index in [9.17, 15) is 14.9 Å². The van der Waals surface area contributed by atoms with E-state index in [0.717, 1.165) is 5.56 Å². The second kappa shape index (κ2) is 7.19. The number of hydrogen-bond acceptors (Lipinski definition) is 4. The van der Waals surface area contributed by atoms with Gasteiger partial charge in [-0.25, -0.2) is 0 Å². The lowest BCUT2D eigenvalue weighted by atomic mass is 10.1. The summed E-state index contributed by atoms with van der Waals surface area (Å²) in [5.41, 5.74) is 1.51. The maximum atomic E-state index is 12.4. The van der Waals surface area contributed by atoms with Gasteiger partial charge in [-0.1, -0.05) is 35.3 Å². The van der Waals surface area contributed by atoms with Crippen molar-refractivity contribution in [3.63, 3.8) is 0 Å². The molecule has 1 amide bonds. The average Bonchev–Trinajstić information content (AvgIpc) is 3.08. The molecule has 0 unspecified atom stereocenters. The fourth-order valence-corrected chi connectivity index (χ4v) is 2.84. The summed E-state index contributed by atoms with van der Waals surface area (Å²) in [7, 11) is 0. The van der Waals surface area contributed by atoms with Crippen LogP contribution in [0.15, 0.2) is 52.9 Å². The van der Waals surface area contributed by atoms with Gasteiger partial charge >= 0.3 is 0 Å². The summed E-state index contributed by atoms with van der Waals surface area (Å²) in [6, 6.07) is 12.6. The minimum Gasteiger partial charge on any atom is -0.451 e. The number of nitro benzene ring substituents is 1. The minimum atomic E-state index is -0.581. The first-order valence-electron chi connectivity index (χ1n) is 7.47. The van der Waals surface area contributed by atoms with E-state index in [1.807, 2.05) is 13.0 Å². The topological polar surface area (TPSA) is 85.4 Å². The lowest BCUT2D eigenvalue weighted by Crippen LogP contribution is -2.12. The molecule has 0 saturated carbocycles. The van der Waals surface area contributed by atoms with E-state index in [-0.39, 0.29) is 16.5 Å². The highest BCUT2D eigenvalue weighted by molar-refractivity contribution is 6.34. The Hall–Kier alpha value is -2.83. The molecule has 0 aliphatic carbocycles. The smallest absolute Gasteiger partial charge is 0.291 e. The number of nitrogens with one attached hydrogen (secondary N) is 1. The number of anilines is 1. The van der Waals surface area contributed by atoms with Crippen LogP contribution in [0.3, 0.4) is 0 Å². The van der Waals surface area contributed by atoms with Gasteiger partial charge in [-0.3, -0.25) is 14.9 Å². The molecule has 3 aromatic rings. The number of nitro groups is 1. The van der Waals surface area contributed by atoms with Gasteiger partial charge in [0.15, 0.2) is 5.76 Å². The fraction of sp³-hybridized carbons (Fsp3) is 0.0556. The van der Waals surface area contributed by atoms with Crippen LogP contribution in [0, 0.1) is 17.0 Å². The molecule has 0 spiro atoms. The molecule has 0 atom stereocenters. The SMILES string of the molecule is Cc1cccc(Cl)c1NC(=O)c1ccc(-c2ccc(Cl)c([N+](=O)[O-])c2)o1. The Bertz CT molecular complexity index is 994. The van der Waals surface area contributed by atoms with Crippen LogP contribution in [0.25, 0.3) is 11.3 Å². The first-order chi connectivity index (χ1) is 12.4. The molecule has 1 heterocycles. The summed E-state index contributed by atoms with van der Waals surface area (Å²) >= 11 is 11.9. The lowest BCUT2D eigenvalue weighted by Gasteiger charge is -2.08. The van der Waals surface area contributed by atoms with Crippen LogP contribution >= 0.6 is 23.2 Å². The maximum absolute atomic E-state index is 12.4. The standard InChI is InChI=1S/C18H12Cl2N2O4/c1-10-3-2-4-13(20)17(10)21-18(23)16-8-7-15(26-16)11-5-6-12(19)14(9-11)22(24)25/h2-9H,1H3,(H,21,23). The summed E-state index contributed by atoms with van der Waals surface area (Å²) in [6.45, 7) is 1.82. The number of nitrogens with zero attached hydrogens (tertiary/aromatic N) is 1. The molecule has 3 rings (SSSR count). The van der Waals surface area contributed by atoms with Crippen molar-refractivity contribution in [3.8, 4) is 11.3 Å². The number of aryl methyl sites for hydroxylation is 1. The number of hydrogen-bond donors (Lipinski definition) is 1. The second-order valence-electron chi connectivity index (χ2n) is 5.47. The van der Waals surface area contributed by atoms with Crippen molar-refractivity contribution < 1.29 is 14.1 Å². The van der Waals surface area contributed by atoms with Crippen LogP contribution in [0.2, 0.25) is 10.0 Å². The van der Waals surface area contributed by atoms with Gasteiger partial charge in [0.25, 0.3) is 11.6 Å². The zero-order valence-electron chi connectivity index (χ0n) is 13.5. The van der Waals surface area contributed by atoms with Crippen molar-refractivity contribution in [1.82, 2.24) is 0 Å². The maximum Gasteiger partial charge on any atom is 0.291 e. The molecule has 8 heteroatoms. The highest BCUT2D eigenvalue weighted by atomic mass is 35.5. The van der Waals surface area contributed by atoms with Crippen LogP contribution in [-0.2, 0) is 0 Å². The molecule has 132 valence electrons. The minimum absolute atomic E-state index is 0.0254. The fourth-order valence-electron chi connectivity index (χ4n) is 2.39. The molecule has 6 nitrogen and oxygen atoms in total. The van der Waals surface area contributed by atoms with Crippen LogP contribution in [0.1, 0.15) is 16.1 Å². The van der Waals surface area contributed by atoms with E-state index < -0.39 is 10.8 Å². The van der Waals surface area contributed by atoms with Gasteiger partial charge in [0, 0.05) is 11.6 Å². The first kappa shape index (κ1) is 18.0. The van der Waals surface area contributed by atoms with Gasteiger partial charge in [0.05, 0.1) is 15.6 Å². The van der Waals surface area contributed by atoms with Crippen molar-refractivity contribution in [1.29, 1.82) is 0 Å². The Labute approximate surface area is 158 Å². The molecule has 0 aliphatic heterocycles.